The second kappa shape index (κ2) is 12.8. The third-order valence-electron chi connectivity index (χ3n) is 7.23. The van der Waals surface area contributed by atoms with Crippen molar-refractivity contribution in [3.05, 3.63) is 107 Å². The molecular weight excluding hydrogens is 557 g/mol. The van der Waals surface area contributed by atoms with Crippen LogP contribution in [0.5, 0.6) is 0 Å². The normalized spacial score (nSPS) is 13.9. The first-order valence-electron chi connectivity index (χ1n) is 14.0. The Morgan fingerprint density at radius 1 is 0.977 bits per heavy atom. The maximum absolute atomic E-state index is 14.3. The van der Waals surface area contributed by atoms with Crippen LogP contribution in [0.1, 0.15) is 58.7 Å². The monoisotopic (exact) mass is 590 g/mol. The summed E-state index contributed by atoms with van der Waals surface area (Å²) < 4.78 is 42.9. The lowest BCUT2D eigenvalue weighted by molar-refractivity contribution is -0.114. The number of anilines is 2. The highest BCUT2D eigenvalue weighted by atomic mass is 19.3. The predicted molar refractivity (Wildman–Crippen MR) is 159 cm³/mol. The van der Waals surface area contributed by atoms with E-state index in [0.29, 0.717) is 28.5 Å². The first kappa shape index (κ1) is 30.0. The molecule has 8 nitrogen and oxygen atoms in total. The van der Waals surface area contributed by atoms with Crippen LogP contribution in [0.2, 0.25) is 0 Å². The zero-order chi connectivity index (χ0) is 30.6. The largest absolute Gasteiger partial charge is 0.326 e. The Balaban J connectivity index is 1.44. The van der Waals surface area contributed by atoms with E-state index < -0.39 is 24.2 Å². The number of benzene rings is 3. The lowest BCUT2D eigenvalue weighted by Gasteiger charge is -2.21. The Labute approximate surface area is 247 Å². The van der Waals surface area contributed by atoms with Gasteiger partial charge in [0.05, 0.1) is 11.7 Å². The van der Waals surface area contributed by atoms with Gasteiger partial charge < -0.3 is 21.7 Å². The Hall–Kier alpha value is -4.48. The maximum Gasteiger partial charge on any atom is 0.319 e. The molecule has 11 heteroatoms. The topological polar surface area (TPSA) is 114 Å². The van der Waals surface area contributed by atoms with E-state index >= 15 is 0 Å². The number of carbonyl (C=O) groups excluding carboxylic acids is 2. The van der Waals surface area contributed by atoms with Crippen LogP contribution in [0.3, 0.4) is 0 Å². The molecule has 1 aliphatic carbocycles. The minimum Gasteiger partial charge on any atom is -0.326 e. The van der Waals surface area contributed by atoms with Gasteiger partial charge in [-0.2, -0.15) is 13.9 Å². The van der Waals surface area contributed by atoms with Crippen LogP contribution in [-0.4, -0.2) is 34.8 Å². The van der Waals surface area contributed by atoms with Crippen molar-refractivity contribution in [2.75, 3.05) is 23.9 Å². The van der Waals surface area contributed by atoms with Crippen LogP contribution in [0.25, 0.3) is 5.69 Å². The number of nitrogens with two attached hydrogens (primary N) is 1. The van der Waals surface area contributed by atoms with E-state index in [1.165, 1.54) is 19.8 Å². The Morgan fingerprint density at radius 3 is 2.40 bits per heavy atom. The smallest absolute Gasteiger partial charge is 0.319 e. The summed E-state index contributed by atoms with van der Waals surface area (Å²) in [5, 5.41) is 13.1. The van der Waals surface area contributed by atoms with Gasteiger partial charge in [-0.3, -0.25) is 9.59 Å². The van der Waals surface area contributed by atoms with Crippen LogP contribution in [0.4, 0.5) is 24.5 Å². The summed E-state index contributed by atoms with van der Waals surface area (Å²) >= 11 is 0. The highest BCUT2D eigenvalue weighted by Crippen LogP contribution is 2.32. The van der Waals surface area contributed by atoms with E-state index in [1.807, 2.05) is 36.4 Å². The van der Waals surface area contributed by atoms with Gasteiger partial charge in [0.2, 0.25) is 5.91 Å². The number of nitrogens with zero attached hydrogens (tertiary/aromatic N) is 2. The van der Waals surface area contributed by atoms with Crippen molar-refractivity contribution >= 4 is 23.2 Å². The first-order chi connectivity index (χ1) is 20.7. The predicted octanol–water partition coefficient (Wildman–Crippen LogP) is 5.69. The van der Waals surface area contributed by atoms with Gasteiger partial charge in [0.15, 0.2) is 6.67 Å². The van der Waals surface area contributed by atoms with Gasteiger partial charge in [0.1, 0.15) is 11.4 Å². The van der Waals surface area contributed by atoms with Crippen molar-refractivity contribution < 1.29 is 22.8 Å². The number of amides is 2. The lowest BCUT2D eigenvalue weighted by Crippen LogP contribution is -2.25. The van der Waals surface area contributed by atoms with E-state index in [9.17, 15) is 22.8 Å². The third kappa shape index (κ3) is 7.30. The quantitative estimate of drug-likeness (QED) is 0.169. The fourth-order valence-electron chi connectivity index (χ4n) is 4.79. The third-order valence-corrected chi connectivity index (χ3v) is 7.23. The summed E-state index contributed by atoms with van der Waals surface area (Å²) in [6.45, 7) is 0.520. The van der Waals surface area contributed by atoms with E-state index in [-0.39, 0.29) is 24.2 Å². The molecule has 4 aromatic rings. The highest BCUT2D eigenvalue weighted by molar-refractivity contribution is 6.03. The van der Waals surface area contributed by atoms with Crippen molar-refractivity contribution in [3.8, 4) is 5.69 Å². The average molecular weight is 591 g/mol. The molecule has 0 radical (unpaired) electrons. The van der Waals surface area contributed by atoms with Crippen molar-refractivity contribution in [3.63, 3.8) is 0 Å². The van der Waals surface area contributed by atoms with Gasteiger partial charge in [-0.05, 0) is 84.5 Å². The minimum atomic E-state index is -3.86. The number of hydrogen-bond donors (Lipinski definition) is 4. The number of hydrogen-bond acceptors (Lipinski definition) is 5. The van der Waals surface area contributed by atoms with Crippen molar-refractivity contribution in [2.45, 2.75) is 38.3 Å². The van der Waals surface area contributed by atoms with E-state index in [1.54, 1.807) is 36.4 Å². The second-order valence-electron chi connectivity index (χ2n) is 10.7. The van der Waals surface area contributed by atoms with Gasteiger partial charge in [0, 0.05) is 24.8 Å². The summed E-state index contributed by atoms with van der Waals surface area (Å²) in [4.78, 5) is 24.9. The zero-order valence-corrected chi connectivity index (χ0v) is 23.6. The van der Waals surface area contributed by atoms with E-state index in [4.69, 9.17) is 5.73 Å². The average Bonchev–Trinajstić information content (AvgIpc) is 3.71. The summed E-state index contributed by atoms with van der Waals surface area (Å²) in [5.41, 5.74) is 8.73. The molecule has 1 aliphatic rings. The number of nitrogens with one attached hydrogen (secondary N) is 3. The second-order valence-corrected chi connectivity index (χ2v) is 10.7. The van der Waals surface area contributed by atoms with Crippen molar-refractivity contribution in [2.24, 2.45) is 11.7 Å². The molecule has 0 saturated heterocycles. The molecule has 1 aromatic heterocycles. The molecule has 43 heavy (non-hydrogen) atoms. The molecule has 1 saturated carbocycles. The number of rotatable bonds is 12. The van der Waals surface area contributed by atoms with Crippen molar-refractivity contribution in [1.29, 1.82) is 0 Å². The Bertz CT molecular complexity index is 1600. The molecule has 1 atom stereocenters. The molecule has 3 aromatic carbocycles. The highest BCUT2D eigenvalue weighted by Gasteiger charge is 2.37. The molecule has 1 heterocycles. The summed E-state index contributed by atoms with van der Waals surface area (Å²) in [6.07, 6.45) is 2.34. The Morgan fingerprint density at radius 2 is 1.72 bits per heavy atom. The Kier molecular flexibility index (Phi) is 8.93. The molecular formula is C32H33F3N6O2. The number of halogens is 3. The van der Waals surface area contributed by atoms with E-state index in [0.717, 1.165) is 28.4 Å². The summed E-state index contributed by atoms with van der Waals surface area (Å²) in [6, 6.07) is 22.2. The standard InChI is InChI=1S/C32H33F3N6O2/c1-20(42)38-25-12-10-23(11-13-25)30(37-18-21-8-9-21)24-5-3-6-26(15-24)39-31(43)28-16-29(32(34,35)19-33)40-41(28)27-7-2-4-22(14-27)17-36/h2-7,10-16,21,30,37H,8-9,17-19,36H2,1H3,(H,38,42)(H,39,43). The molecule has 0 spiro atoms. The van der Waals surface area contributed by atoms with Gasteiger partial charge in [-0.1, -0.05) is 36.4 Å². The van der Waals surface area contributed by atoms with Crippen LogP contribution in [0.15, 0.2) is 78.9 Å². The van der Waals surface area contributed by atoms with Crippen LogP contribution < -0.4 is 21.7 Å². The van der Waals surface area contributed by atoms with Crippen LogP contribution >= 0.6 is 0 Å². The van der Waals surface area contributed by atoms with Crippen LogP contribution in [-0.2, 0) is 17.3 Å². The minimum absolute atomic E-state index is 0.159. The fraction of sp³-hybridized carbons (Fsp3) is 0.281. The van der Waals surface area contributed by atoms with E-state index in [2.05, 4.69) is 21.0 Å². The SMILES string of the molecule is CC(=O)Nc1ccc(C(NCC2CC2)c2cccc(NC(=O)c3cc(C(F)(F)CF)nn3-c3cccc(CN)c3)c2)cc1. The summed E-state index contributed by atoms with van der Waals surface area (Å²) in [7, 11) is 0. The fourth-order valence-corrected chi connectivity index (χ4v) is 4.79. The zero-order valence-electron chi connectivity index (χ0n) is 23.6. The van der Waals surface area contributed by atoms with Gasteiger partial charge in [0.25, 0.3) is 5.91 Å². The van der Waals surface area contributed by atoms with Gasteiger partial charge >= 0.3 is 5.92 Å². The number of aromatic nitrogens is 2. The molecule has 5 rings (SSSR count). The number of carbonyl (C=O) groups is 2. The molecule has 1 fully saturated rings. The summed E-state index contributed by atoms with van der Waals surface area (Å²) in [5.74, 6) is -4.10. The van der Waals surface area contributed by atoms with Crippen molar-refractivity contribution in [1.82, 2.24) is 15.1 Å². The lowest BCUT2D eigenvalue weighted by atomic mass is 9.97. The number of alkyl halides is 3. The molecule has 5 N–H and O–H groups in total. The molecule has 224 valence electrons. The van der Waals surface area contributed by atoms with Gasteiger partial charge in [-0.15, -0.1) is 0 Å². The molecule has 0 bridgehead atoms. The molecule has 1 unspecified atom stereocenters. The molecule has 0 aliphatic heterocycles. The first-order valence-corrected chi connectivity index (χ1v) is 14.0. The van der Waals surface area contributed by atoms with Gasteiger partial charge in [-0.25, -0.2) is 9.07 Å². The maximum atomic E-state index is 14.3. The molecule has 2 amide bonds. The van der Waals surface area contributed by atoms with Crippen LogP contribution in [0, 0.1) is 5.92 Å².